The minimum Gasteiger partial charge on any atom is -0.481 e. The minimum atomic E-state index is -0.813. The van der Waals surface area contributed by atoms with E-state index in [1.165, 1.54) is 0 Å². The van der Waals surface area contributed by atoms with Gasteiger partial charge in [-0.25, -0.2) is 0 Å². The molecule has 0 bridgehead atoms. The van der Waals surface area contributed by atoms with Gasteiger partial charge in [-0.3, -0.25) is 9.59 Å². The molecule has 0 fully saturated rings. The summed E-state index contributed by atoms with van der Waals surface area (Å²) in [5.41, 5.74) is 2.07. The first-order valence-electron chi connectivity index (χ1n) is 5.93. The summed E-state index contributed by atoms with van der Waals surface area (Å²) < 4.78 is 0. The zero-order valence-electron chi connectivity index (χ0n) is 10.9. The Hall–Kier alpha value is -1.84. The Labute approximate surface area is 106 Å². The summed E-state index contributed by atoms with van der Waals surface area (Å²) in [6, 6.07) is 5.75. The van der Waals surface area contributed by atoms with E-state index in [1.54, 1.807) is 25.8 Å². The number of carbonyl (C=O) groups excluding carboxylic acids is 1. The van der Waals surface area contributed by atoms with Crippen molar-refractivity contribution < 1.29 is 14.7 Å². The van der Waals surface area contributed by atoms with E-state index in [9.17, 15) is 9.59 Å². The van der Waals surface area contributed by atoms with Gasteiger partial charge < -0.3 is 10.0 Å². The van der Waals surface area contributed by atoms with Gasteiger partial charge in [-0.2, -0.15) is 0 Å². The summed E-state index contributed by atoms with van der Waals surface area (Å²) in [7, 11) is 1.75. The van der Waals surface area contributed by atoms with Gasteiger partial charge in [0.05, 0.1) is 11.8 Å². The normalized spacial score (nSPS) is 14.8. The molecule has 18 heavy (non-hydrogen) atoms. The molecule has 0 atom stereocenters. The standard InChI is InChI=1S/C14H17NO3/c1-14(2,13(17)18)8-9-4-5-10-7-12(16)15(3)11(10)6-9/h4-6H,7-8H2,1-3H3,(H,17,18). The minimum absolute atomic E-state index is 0.0830. The van der Waals surface area contributed by atoms with Gasteiger partial charge in [0.1, 0.15) is 0 Å². The second-order valence-electron chi connectivity index (χ2n) is 5.46. The molecule has 1 aromatic carbocycles. The fraction of sp³-hybridized carbons (Fsp3) is 0.429. The number of anilines is 1. The van der Waals surface area contributed by atoms with Crippen molar-refractivity contribution in [1.82, 2.24) is 0 Å². The summed E-state index contributed by atoms with van der Waals surface area (Å²) >= 11 is 0. The lowest BCUT2D eigenvalue weighted by atomic mass is 9.85. The number of hydrogen-bond donors (Lipinski definition) is 1. The maximum absolute atomic E-state index is 11.6. The van der Waals surface area contributed by atoms with Crippen molar-refractivity contribution in [2.24, 2.45) is 5.41 Å². The molecule has 1 aromatic rings. The number of rotatable bonds is 3. The lowest BCUT2D eigenvalue weighted by molar-refractivity contribution is -0.146. The number of hydrogen-bond acceptors (Lipinski definition) is 2. The van der Waals surface area contributed by atoms with Crippen LogP contribution in [-0.2, 0) is 22.4 Å². The van der Waals surface area contributed by atoms with E-state index in [4.69, 9.17) is 5.11 Å². The average molecular weight is 247 g/mol. The largest absolute Gasteiger partial charge is 0.481 e. The molecule has 1 heterocycles. The first kappa shape index (κ1) is 12.6. The molecular weight excluding hydrogens is 230 g/mol. The van der Waals surface area contributed by atoms with Crippen molar-refractivity contribution >= 4 is 17.6 Å². The molecular formula is C14H17NO3. The average Bonchev–Trinajstić information content (AvgIpc) is 2.55. The topological polar surface area (TPSA) is 57.6 Å². The Kier molecular flexibility index (Phi) is 2.89. The van der Waals surface area contributed by atoms with E-state index >= 15 is 0 Å². The van der Waals surface area contributed by atoms with Crippen molar-refractivity contribution in [2.75, 3.05) is 11.9 Å². The maximum Gasteiger partial charge on any atom is 0.309 e. The van der Waals surface area contributed by atoms with Gasteiger partial charge in [0.2, 0.25) is 5.91 Å². The number of benzene rings is 1. The molecule has 1 aliphatic heterocycles. The number of carbonyl (C=O) groups is 2. The van der Waals surface area contributed by atoms with Gasteiger partial charge in [-0.05, 0) is 37.5 Å². The van der Waals surface area contributed by atoms with E-state index < -0.39 is 11.4 Å². The van der Waals surface area contributed by atoms with Gasteiger partial charge >= 0.3 is 5.97 Å². The van der Waals surface area contributed by atoms with Gasteiger partial charge in [-0.15, -0.1) is 0 Å². The third-order valence-corrected chi connectivity index (χ3v) is 3.45. The van der Waals surface area contributed by atoms with E-state index in [0.717, 1.165) is 16.8 Å². The van der Waals surface area contributed by atoms with Crippen molar-refractivity contribution in [3.63, 3.8) is 0 Å². The number of fused-ring (bicyclic) bond motifs is 1. The number of amides is 1. The first-order valence-corrected chi connectivity index (χ1v) is 5.93. The van der Waals surface area contributed by atoms with Crippen LogP contribution in [0.15, 0.2) is 18.2 Å². The highest BCUT2D eigenvalue weighted by Gasteiger charge is 2.29. The number of likely N-dealkylation sites (N-methyl/N-ethyl adjacent to an activating group) is 1. The molecule has 2 rings (SSSR count). The van der Waals surface area contributed by atoms with Crippen LogP contribution in [0.25, 0.3) is 0 Å². The van der Waals surface area contributed by atoms with Crippen LogP contribution in [0.2, 0.25) is 0 Å². The molecule has 0 aromatic heterocycles. The number of nitrogens with zero attached hydrogens (tertiary/aromatic N) is 1. The molecule has 4 heteroatoms. The third-order valence-electron chi connectivity index (χ3n) is 3.45. The quantitative estimate of drug-likeness (QED) is 0.887. The molecule has 0 unspecified atom stereocenters. The Morgan fingerprint density at radius 2 is 2.11 bits per heavy atom. The van der Waals surface area contributed by atoms with Crippen molar-refractivity contribution in [3.05, 3.63) is 29.3 Å². The van der Waals surface area contributed by atoms with Gasteiger partial charge in [0.15, 0.2) is 0 Å². The van der Waals surface area contributed by atoms with Crippen LogP contribution in [0.4, 0.5) is 5.69 Å². The molecule has 0 radical (unpaired) electrons. The van der Waals surface area contributed by atoms with Gasteiger partial charge in [0, 0.05) is 12.7 Å². The highest BCUT2D eigenvalue weighted by atomic mass is 16.4. The highest BCUT2D eigenvalue weighted by molar-refractivity contribution is 6.01. The van der Waals surface area contributed by atoms with Crippen LogP contribution in [0.3, 0.4) is 0 Å². The second-order valence-corrected chi connectivity index (χ2v) is 5.46. The first-order chi connectivity index (χ1) is 8.31. The van der Waals surface area contributed by atoms with Crippen LogP contribution >= 0.6 is 0 Å². The molecule has 0 aliphatic carbocycles. The molecule has 0 spiro atoms. The van der Waals surface area contributed by atoms with Gasteiger partial charge in [-0.1, -0.05) is 12.1 Å². The summed E-state index contributed by atoms with van der Waals surface area (Å²) in [5.74, 6) is -0.730. The smallest absolute Gasteiger partial charge is 0.309 e. The highest BCUT2D eigenvalue weighted by Crippen LogP contribution is 2.31. The predicted molar refractivity (Wildman–Crippen MR) is 68.7 cm³/mol. The van der Waals surface area contributed by atoms with E-state index in [2.05, 4.69) is 0 Å². The molecule has 0 saturated carbocycles. The summed E-state index contributed by atoms with van der Waals surface area (Å²) in [4.78, 5) is 24.3. The van der Waals surface area contributed by atoms with Crippen LogP contribution in [0, 0.1) is 5.41 Å². The lowest BCUT2D eigenvalue weighted by Crippen LogP contribution is -2.26. The summed E-state index contributed by atoms with van der Waals surface area (Å²) in [5, 5.41) is 9.13. The SMILES string of the molecule is CN1C(=O)Cc2ccc(CC(C)(C)C(=O)O)cc21. The monoisotopic (exact) mass is 247 g/mol. The van der Waals surface area contributed by atoms with Crippen LogP contribution in [0.1, 0.15) is 25.0 Å². The zero-order valence-corrected chi connectivity index (χ0v) is 10.9. The van der Waals surface area contributed by atoms with Crippen LogP contribution in [0.5, 0.6) is 0 Å². The number of aliphatic carboxylic acids is 1. The Morgan fingerprint density at radius 1 is 1.44 bits per heavy atom. The summed E-state index contributed by atoms with van der Waals surface area (Å²) in [6.07, 6.45) is 0.895. The number of carboxylic acid groups (broad SMARTS) is 1. The van der Waals surface area contributed by atoms with Crippen LogP contribution < -0.4 is 4.90 Å². The lowest BCUT2D eigenvalue weighted by Gasteiger charge is -2.20. The predicted octanol–water partition coefficient (Wildman–Crippen LogP) is 1.86. The molecule has 0 saturated heterocycles. The Bertz CT molecular complexity index is 520. The molecule has 1 amide bonds. The fourth-order valence-corrected chi connectivity index (χ4v) is 2.18. The van der Waals surface area contributed by atoms with Gasteiger partial charge in [0.25, 0.3) is 0 Å². The van der Waals surface area contributed by atoms with E-state index in [1.807, 2.05) is 18.2 Å². The zero-order chi connectivity index (χ0) is 13.5. The second kappa shape index (κ2) is 4.12. The molecule has 1 aliphatic rings. The summed E-state index contributed by atoms with van der Waals surface area (Å²) in [6.45, 7) is 3.41. The van der Waals surface area contributed by atoms with E-state index in [-0.39, 0.29) is 5.91 Å². The van der Waals surface area contributed by atoms with Crippen molar-refractivity contribution in [2.45, 2.75) is 26.7 Å². The molecule has 96 valence electrons. The number of carboxylic acids is 1. The van der Waals surface area contributed by atoms with E-state index in [0.29, 0.717) is 12.8 Å². The maximum atomic E-state index is 11.6. The van der Waals surface area contributed by atoms with Crippen molar-refractivity contribution in [1.29, 1.82) is 0 Å². The Balaban J connectivity index is 2.29. The van der Waals surface area contributed by atoms with Crippen molar-refractivity contribution in [3.8, 4) is 0 Å². The Morgan fingerprint density at radius 3 is 2.72 bits per heavy atom. The van der Waals surface area contributed by atoms with Crippen LogP contribution in [-0.4, -0.2) is 24.0 Å². The molecule has 1 N–H and O–H groups in total. The fourth-order valence-electron chi connectivity index (χ4n) is 2.18. The molecule has 4 nitrogen and oxygen atoms in total. The third kappa shape index (κ3) is 2.10.